The number of nitrogens with one attached hydrogen (secondary N) is 1. The molecule has 6 nitrogen and oxygen atoms in total. The highest BCUT2D eigenvalue weighted by Crippen LogP contribution is 2.24. The van der Waals surface area contributed by atoms with Crippen LogP contribution in [-0.4, -0.2) is 28.2 Å². The minimum absolute atomic E-state index is 0.252. The van der Waals surface area contributed by atoms with E-state index < -0.39 is 12.1 Å². The first-order valence-electron chi connectivity index (χ1n) is 6.97. The fourth-order valence-electron chi connectivity index (χ4n) is 2.18. The number of hydrogen-bond acceptors (Lipinski definition) is 6. The first-order valence-corrected chi connectivity index (χ1v) is 7.79. The monoisotopic (exact) mass is 317 g/mol. The van der Waals surface area contributed by atoms with Gasteiger partial charge in [0.2, 0.25) is 5.13 Å². The molecule has 2 heterocycles. The van der Waals surface area contributed by atoms with Gasteiger partial charge in [0.05, 0.1) is 5.56 Å². The predicted molar refractivity (Wildman–Crippen MR) is 82.0 cm³/mol. The summed E-state index contributed by atoms with van der Waals surface area (Å²) in [5, 5.41) is 11.9. The van der Waals surface area contributed by atoms with Gasteiger partial charge in [-0.3, -0.25) is 10.1 Å². The van der Waals surface area contributed by atoms with E-state index >= 15 is 0 Å². The minimum atomic E-state index is -0.839. The van der Waals surface area contributed by atoms with Gasteiger partial charge in [-0.15, -0.1) is 10.2 Å². The summed E-state index contributed by atoms with van der Waals surface area (Å²) in [7, 11) is 0. The van der Waals surface area contributed by atoms with Crippen molar-refractivity contribution >= 4 is 28.3 Å². The largest absolute Gasteiger partial charge is 0.448 e. The van der Waals surface area contributed by atoms with E-state index in [4.69, 9.17) is 4.74 Å². The van der Waals surface area contributed by atoms with Crippen LogP contribution in [-0.2, 0) is 16.0 Å². The van der Waals surface area contributed by atoms with Gasteiger partial charge in [-0.25, -0.2) is 4.79 Å². The number of carbonyl (C=O) groups is 2. The third-order valence-corrected chi connectivity index (χ3v) is 4.49. The van der Waals surface area contributed by atoms with Crippen LogP contribution in [0.3, 0.4) is 0 Å². The molecule has 0 spiro atoms. The number of rotatable bonds is 3. The number of aromatic nitrogens is 2. The van der Waals surface area contributed by atoms with Gasteiger partial charge in [-0.1, -0.05) is 43.4 Å². The Labute approximate surface area is 131 Å². The van der Waals surface area contributed by atoms with Crippen LogP contribution in [0.4, 0.5) is 5.13 Å². The highest BCUT2D eigenvalue weighted by molar-refractivity contribution is 7.15. The Hall–Kier alpha value is -2.28. The maximum absolute atomic E-state index is 12.3. The van der Waals surface area contributed by atoms with Crippen molar-refractivity contribution in [2.45, 2.75) is 32.3 Å². The Morgan fingerprint density at radius 3 is 2.86 bits per heavy atom. The second-order valence-electron chi connectivity index (χ2n) is 5.34. The smallest absolute Gasteiger partial charge is 0.339 e. The van der Waals surface area contributed by atoms with Crippen molar-refractivity contribution in [3.8, 4) is 0 Å². The van der Waals surface area contributed by atoms with E-state index in [9.17, 15) is 9.59 Å². The molecule has 1 aliphatic rings. The minimum Gasteiger partial charge on any atom is -0.448 e. The van der Waals surface area contributed by atoms with E-state index in [1.165, 1.54) is 11.3 Å². The number of nitrogens with zero attached hydrogens (tertiary/aromatic N) is 2. The molecule has 1 aromatic carbocycles. The molecular weight excluding hydrogens is 302 g/mol. The molecule has 3 rings (SSSR count). The quantitative estimate of drug-likeness (QED) is 0.879. The SMILES string of the molecule is CC(C)c1nnc(NC(=O)[C@@H]2Cc3ccccc3C(=O)O2)s1. The van der Waals surface area contributed by atoms with Gasteiger partial charge in [-0.05, 0) is 11.6 Å². The molecule has 1 amide bonds. The molecular formula is C15H15N3O3S. The predicted octanol–water partition coefficient (Wildman–Crippen LogP) is 2.38. The van der Waals surface area contributed by atoms with Crippen molar-refractivity contribution in [1.82, 2.24) is 10.2 Å². The summed E-state index contributed by atoms with van der Waals surface area (Å²) in [5.41, 5.74) is 1.34. The number of anilines is 1. The van der Waals surface area contributed by atoms with Crippen LogP contribution in [0.5, 0.6) is 0 Å². The van der Waals surface area contributed by atoms with Gasteiger partial charge >= 0.3 is 5.97 Å². The first-order chi connectivity index (χ1) is 10.5. The Bertz CT molecular complexity index is 726. The molecule has 7 heteroatoms. The number of cyclic esters (lactones) is 1. The standard InChI is InChI=1S/C15H15N3O3S/c1-8(2)13-17-18-15(22-13)16-12(19)11-7-9-5-3-4-6-10(9)14(20)21-11/h3-6,8,11H,7H2,1-2H3,(H,16,18,19)/t11-/m0/s1. The molecule has 0 radical (unpaired) electrons. The van der Waals surface area contributed by atoms with E-state index in [0.29, 0.717) is 17.1 Å². The Balaban J connectivity index is 1.72. The fraction of sp³-hybridized carbons (Fsp3) is 0.333. The second-order valence-corrected chi connectivity index (χ2v) is 6.35. The average molecular weight is 317 g/mol. The molecule has 22 heavy (non-hydrogen) atoms. The summed E-state index contributed by atoms with van der Waals surface area (Å²) in [6, 6.07) is 7.14. The van der Waals surface area contributed by atoms with Gasteiger partial charge < -0.3 is 4.74 Å². The van der Waals surface area contributed by atoms with Crippen molar-refractivity contribution in [2.24, 2.45) is 0 Å². The van der Waals surface area contributed by atoms with Crippen LogP contribution in [0.15, 0.2) is 24.3 Å². The molecule has 2 aromatic rings. The zero-order valence-corrected chi connectivity index (χ0v) is 13.0. The summed E-state index contributed by atoms with van der Waals surface area (Å²) in [6.45, 7) is 4.01. The van der Waals surface area contributed by atoms with E-state index in [-0.39, 0.29) is 11.8 Å². The van der Waals surface area contributed by atoms with Crippen molar-refractivity contribution in [3.63, 3.8) is 0 Å². The number of fused-ring (bicyclic) bond motifs is 1. The normalized spacial score (nSPS) is 17.0. The van der Waals surface area contributed by atoms with Crippen LogP contribution in [0.25, 0.3) is 0 Å². The summed E-state index contributed by atoms with van der Waals surface area (Å²) in [5.74, 6) is -0.598. The summed E-state index contributed by atoms with van der Waals surface area (Å²) in [4.78, 5) is 24.2. The van der Waals surface area contributed by atoms with E-state index in [2.05, 4.69) is 15.5 Å². The third-order valence-electron chi connectivity index (χ3n) is 3.35. The highest BCUT2D eigenvalue weighted by Gasteiger charge is 2.31. The molecule has 114 valence electrons. The number of esters is 1. The van der Waals surface area contributed by atoms with Crippen molar-refractivity contribution in [1.29, 1.82) is 0 Å². The topological polar surface area (TPSA) is 81.2 Å². The lowest BCUT2D eigenvalue weighted by Gasteiger charge is -2.23. The fourth-order valence-corrected chi connectivity index (χ4v) is 2.93. The van der Waals surface area contributed by atoms with E-state index in [1.807, 2.05) is 26.0 Å². The van der Waals surface area contributed by atoms with Gasteiger partial charge in [0, 0.05) is 12.3 Å². The van der Waals surface area contributed by atoms with Crippen LogP contribution < -0.4 is 5.32 Å². The van der Waals surface area contributed by atoms with Gasteiger partial charge in [0.25, 0.3) is 5.91 Å². The molecule has 0 saturated carbocycles. The Morgan fingerprint density at radius 1 is 1.36 bits per heavy atom. The van der Waals surface area contributed by atoms with Crippen LogP contribution in [0.1, 0.15) is 40.7 Å². The lowest BCUT2D eigenvalue weighted by Crippen LogP contribution is -2.37. The Kier molecular flexibility index (Phi) is 3.89. The zero-order valence-electron chi connectivity index (χ0n) is 12.2. The summed E-state index contributed by atoms with van der Waals surface area (Å²) >= 11 is 1.33. The average Bonchev–Trinajstić information content (AvgIpc) is 2.96. The number of amides is 1. The lowest BCUT2D eigenvalue weighted by atomic mass is 9.98. The molecule has 1 aliphatic heterocycles. The van der Waals surface area contributed by atoms with E-state index in [0.717, 1.165) is 10.6 Å². The number of hydrogen-bond donors (Lipinski definition) is 1. The number of benzene rings is 1. The van der Waals surface area contributed by atoms with E-state index in [1.54, 1.807) is 12.1 Å². The molecule has 1 N–H and O–H groups in total. The molecule has 1 atom stereocenters. The number of ether oxygens (including phenoxy) is 1. The summed E-state index contributed by atoms with van der Waals surface area (Å²) in [6.07, 6.45) is -0.474. The molecule has 0 saturated heterocycles. The van der Waals surface area contributed by atoms with Crippen LogP contribution in [0.2, 0.25) is 0 Å². The van der Waals surface area contributed by atoms with Gasteiger partial charge in [-0.2, -0.15) is 0 Å². The van der Waals surface area contributed by atoms with Gasteiger partial charge in [0.1, 0.15) is 5.01 Å². The third kappa shape index (κ3) is 2.85. The van der Waals surface area contributed by atoms with Crippen molar-refractivity contribution < 1.29 is 14.3 Å². The highest BCUT2D eigenvalue weighted by atomic mass is 32.1. The van der Waals surface area contributed by atoms with Gasteiger partial charge in [0.15, 0.2) is 6.10 Å². The molecule has 1 aromatic heterocycles. The molecule has 0 bridgehead atoms. The maximum Gasteiger partial charge on any atom is 0.339 e. The van der Waals surface area contributed by atoms with Crippen LogP contribution in [0, 0.1) is 0 Å². The van der Waals surface area contributed by atoms with Crippen molar-refractivity contribution in [3.05, 3.63) is 40.4 Å². The zero-order chi connectivity index (χ0) is 15.7. The maximum atomic E-state index is 12.3. The Morgan fingerprint density at radius 2 is 2.14 bits per heavy atom. The van der Waals surface area contributed by atoms with Crippen LogP contribution >= 0.6 is 11.3 Å². The molecule has 0 fully saturated rings. The molecule has 0 unspecified atom stereocenters. The first kappa shape index (κ1) is 14.6. The number of carbonyl (C=O) groups excluding carboxylic acids is 2. The lowest BCUT2D eigenvalue weighted by molar-refractivity contribution is -0.125. The molecule has 0 aliphatic carbocycles. The summed E-state index contributed by atoms with van der Waals surface area (Å²) < 4.78 is 5.21. The second kappa shape index (κ2) is 5.84. The van der Waals surface area contributed by atoms with Crippen molar-refractivity contribution in [2.75, 3.05) is 5.32 Å².